The van der Waals surface area contributed by atoms with E-state index in [9.17, 15) is 9.50 Å². The predicted molar refractivity (Wildman–Crippen MR) is 77.2 cm³/mol. The minimum atomic E-state index is -0.703. The van der Waals surface area contributed by atoms with Crippen LogP contribution >= 0.6 is 0 Å². The van der Waals surface area contributed by atoms with Crippen LogP contribution in [-0.4, -0.2) is 11.2 Å². The van der Waals surface area contributed by atoms with E-state index in [1.807, 2.05) is 37.3 Å². The number of hydrogen-bond acceptors (Lipinski definition) is 2. The average Bonchev–Trinajstić information content (AvgIpc) is 2.47. The summed E-state index contributed by atoms with van der Waals surface area (Å²) in [5, 5.41) is 10.4. The van der Waals surface area contributed by atoms with Gasteiger partial charge in [0.25, 0.3) is 0 Å². The molecule has 0 aliphatic rings. The van der Waals surface area contributed by atoms with E-state index >= 15 is 0 Å². The molecule has 0 aliphatic heterocycles. The second-order valence-corrected chi connectivity index (χ2v) is 4.83. The number of aliphatic hydroxyl groups is 1. The third-order valence-electron chi connectivity index (χ3n) is 3.31. The lowest BCUT2D eigenvalue weighted by Crippen LogP contribution is -2.24. The predicted octanol–water partition coefficient (Wildman–Crippen LogP) is 4.03. The molecule has 0 heterocycles. The van der Waals surface area contributed by atoms with Gasteiger partial charge in [0.15, 0.2) is 0 Å². The molecule has 1 N–H and O–H groups in total. The lowest BCUT2D eigenvalue weighted by Gasteiger charge is -2.24. The molecule has 2 atom stereocenters. The molecule has 0 saturated carbocycles. The van der Waals surface area contributed by atoms with Crippen LogP contribution in [0, 0.1) is 12.7 Å². The second-order valence-electron chi connectivity index (χ2n) is 4.83. The molecule has 2 rings (SSSR count). The Morgan fingerprint density at radius 1 is 1.15 bits per heavy atom. The van der Waals surface area contributed by atoms with Gasteiger partial charge in [-0.1, -0.05) is 37.3 Å². The highest BCUT2D eigenvalue weighted by molar-refractivity contribution is 5.33. The minimum absolute atomic E-state index is 0.286. The Morgan fingerprint density at radius 3 is 2.45 bits per heavy atom. The summed E-state index contributed by atoms with van der Waals surface area (Å²) in [5.74, 6) is 0.319. The summed E-state index contributed by atoms with van der Waals surface area (Å²) >= 11 is 0. The number of ether oxygens (including phenoxy) is 1. The van der Waals surface area contributed by atoms with Gasteiger partial charge in [-0.05, 0) is 42.7 Å². The fourth-order valence-electron chi connectivity index (χ4n) is 2.14. The molecule has 0 aromatic heterocycles. The van der Waals surface area contributed by atoms with E-state index in [1.54, 1.807) is 13.0 Å². The molecule has 2 aromatic rings. The maximum atomic E-state index is 13.1. The smallest absolute Gasteiger partial charge is 0.128 e. The molecule has 0 aliphatic carbocycles. The fraction of sp³-hybridized carbons (Fsp3) is 0.294. The van der Waals surface area contributed by atoms with Crippen molar-refractivity contribution in [3.05, 3.63) is 65.5 Å². The van der Waals surface area contributed by atoms with Gasteiger partial charge in [0, 0.05) is 0 Å². The van der Waals surface area contributed by atoms with Gasteiger partial charge in [0.1, 0.15) is 23.8 Å². The quantitative estimate of drug-likeness (QED) is 0.892. The number of aryl methyl sites for hydroxylation is 1. The normalized spacial score (nSPS) is 13.8. The van der Waals surface area contributed by atoms with Crippen LogP contribution < -0.4 is 4.74 Å². The van der Waals surface area contributed by atoms with Crippen molar-refractivity contribution in [2.45, 2.75) is 32.5 Å². The fourth-order valence-corrected chi connectivity index (χ4v) is 2.14. The Kier molecular flexibility index (Phi) is 4.74. The molecule has 0 radical (unpaired) electrons. The Hall–Kier alpha value is -1.87. The first-order valence-corrected chi connectivity index (χ1v) is 6.77. The van der Waals surface area contributed by atoms with Crippen molar-refractivity contribution in [1.29, 1.82) is 0 Å². The Bertz CT molecular complexity index is 554. The van der Waals surface area contributed by atoms with Crippen molar-refractivity contribution in [1.82, 2.24) is 0 Å². The molecule has 2 nitrogen and oxygen atoms in total. The average molecular weight is 274 g/mol. The standard InChI is InChI=1S/C17H19FO2/c1-3-15(17(19)13-7-5-4-6-8-13)20-16-10-9-14(18)11-12(16)2/h4-11,15,17,19H,3H2,1-2H3. The lowest BCUT2D eigenvalue weighted by molar-refractivity contribution is 0.0327. The third kappa shape index (κ3) is 3.36. The van der Waals surface area contributed by atoms with E-state index in [4.69, 9.17) is 4.74 Å². The van der Waals surface area contributed by atoms with Crippen LogP contribution in [0.1, 0.15) is 30.6 Å². The van der Waals surface area contributed by atoms with Crippen molar-refractivity contribution < 1.29 is 14.2 Å². The van der Waals surface area contributed by atoms with Gasteiger partial charge in [-0.15, -0.1) is 0 Å². The van der Waals surface area contributed by atoms with Crippen LogP contribution in [0.5, 0.6) is 5.75 Å². The highest BCUT2D eigenvalue weighted by atomic mass is 19.1. The number of rotatable bonds is 5. The van der Waals surface area contributed by atoms with Crippen molar-refractivity contribution in [2.24, 2.45) is 0 Å². The van der Waals surface area contributed by atoms with Crippen molar-refractivity contribution >= 4 is 0 Å². The Labute approximate surface area is 118 Å². The third-order valence-corrected chi connectivity index (χ3v) is 3.31. The summed E-state index contributed by atoms with van der Waals surface area (Å²) in [6.07, 6.45) is -0.403. The topological polar surface area (TPSA) is 29.5 Å². The van der Waals surface area contributed by atoms with Crippen molar-refractivity contribution in [3.63, 3.8) is 0 Å². The summed E-state index contributed by atoms with van der Waals surface area (Å²) in [5.41, 5.74) is 1.54. The number of halogens is 1. The maximum absolute atomic E-state index is 13.1. The van der Waals surface area contributed by atoms with E-state index < -0.39 is 6.10 Å². The summed E-state index contributed by atoms with van der Waals surface area (Å²) in [6, 6.07) is 13.8. The molecule has 20 heavy (non-hydrogen) atoms. The SMILES string of the molecule is CCC(Oc1ccc(F)cc1C)C(O)c1ccccc1. The summed E-state index contributed by atoms with van der Waals surface area (Å²) < 4.78 is 18.9. The molecule has 106 valence electrons. The number of hydrogen-bond donors (Lipinski definition) is 1. The van der Waals surface area contributed by atoms with Gasteiger partial charge in [-0.3, -0.25) is 0 Å². The molecule has 2 unspecified atom stereocenters. The molecule has 2 aromatic carbocycles. The summed E-state index contributed by atoms with van der Waals surface area (Å²) in [6.45, 7) is 3.75. The lowest BCUT2D eigenvalue weighted by atomic mass is 10.0. The van der Waals surface area contributed by atoms with Crippen LogP contribution in [0.25, 0.3) is 0 Å². The van der Waals surface area contributed by atoms with Crippen molar-refractivity contribution in [3.8, 4) is 5.75 Å². The zero-order chi connectivity index (χ0) is 14.5. The zero-order valence-electron chi connectivity index (χ0n) is 11.7. The molecule has 3 heteroatoms. The maximum Gasteiger partial charge on any atom is 0.128 e. The first-order valence-electron chi connectivity index (χ1n) is 6.77. The summed E-state index contributed by atoms with van der Waals surface area (Å²) in [7, 11) is 0. The van der Waals surface area contributed by atoms with Gasteiger partial charge in [0.05, 0.1) is 0 Å². The van der Waals surface area contributed by atoms with Gasteiger partial charge in [0.2, 0.25) is 0 Å². The molecule has 0 fully saturated rings. The molecule has 0 spiro atoms. The van der Waals surface area contributed by atoms with Gasteiger partial charge in [-0.2, -0.15) is 0 Å². The van der Waals surface area contributed by atoms with Crippen molar-refractivity contribution in [2.75, 3.05) is 0 Å². The Balaban J connectivity index is 2.16. The molecule has 0 saturated heterocycles. The van der Waals surface area contributed by atoms with E-state index in [-0.39, 0.29) is 11.9 Å². The summed E-state index contributed by atoms with van der Waals surface area (Å²) in [4.78, 5) is 0. The van der Waals surface area contributed by atoms with Crippen LogP contribution in [0.2, 0.25) is 0 Å². The zero-order valence-corrected chi connectivity index (χ0v) is 11.7. The van der Waals surface area contributed by atoms with Crippen LogP contribution in [0.15, 0.2) is 48.5 Å². The van der Waals surface area contributed by atoms with E-state index in [0.717, 1.165) is 11.1 Å². The van der Waals surface area contributed by atoms with Gasteiger partial charge in [-0.25, -0.2) is 4.39 Å². The minimum Gasteiger partial charge on any atom is -0.487 e. The van der Waals surface area contributed by atoms with Crippen LogP contribution in [-0.2, 0) is 0 Å². The highest BCUT2D eigenvalue weighted by Crippen LogP contribution is 2.26. The van der Waals surface area contributed by atoms with E-state index in [1.165, 1.54) is 12.1 Å². The molecule has 0 amide bonds. The first-order chi connectivity index (χ1) is 9.61. The van der Waals surface area contributed by atoms with Crippen LogP contribution in [0.4, 0.5) is 4.39 Å². The largest absolute Gasteiger partial charge is 0.487 e. The first kappa shape index (κ1) is 14.5. The molecular weight excluding hydrogens is 255 g/mol. The second kappa shape index (κ2) is 6.53. The molecular formula is C17H19FO2. The van der Waals surface area contributed by atoms with Gasteiger partial charge >= 0.3 is 0 Å². The molecule has 0 bridgehead atoms. The Morgan fingerprint density at radius 2 is 1.85 bits per heavy atom. The van der Waals surface area contributed by atoms with E-state index in [0.29, 0.717) is 12.2 Å². The van der Waals surface area contributed by atoms with E-state index in [2.05, 4.69) is 0 Å². The number of benzene rings is 2. The monoisotopic (exact) mass is 274 g/mol. The van der Waals surface area contributed by atoms with Gasteiger partial charge < -0.3 is 9.84 Å². The van der Waals surface area contributed by atoms with Crippen LogP contribution in [0.3, 0.4) is 0 Å². The number of aliphatic hydroxyl groups excluding tert-OH is 1. The highest BCUT2D eigenvalue weighted by Gasteiger charge is 2.21.